The number of hydrogen-bond acceptors (Lipinski definition) is 7. The van der Waals surface area contributed by atoms with Gasteiger partial charge in [0.25, 0.3) is 11.8 Å². The molecule has 1 aromatic heterocycles. The maximum Gasteiger partial charge on any atom is 0.329 e. The molecule has 0 bridgehead atoms. The Morgan fingerprint density at radius 1 is 1.12 bits per heavy atom. The predicted octanol–water partition coefficient (Wildman–Crippen LogP) is 4.29. The molecule has 0 saturated heterocycles. The number of ether oxygens (including phenoxy) is 2. The minimum Gasteiger partial charge on any atom is -0.497 e. The summed E-state index contributed by atoms with van der Waals surface area (Å²) in [5.41, 5.74) is 1.11. The summed E-state index contributed by atoms with van der Waals surface area (Å²) in [6.07, 6.45) is 0.671. The molecule has 2 atom stereocenters. The molecule has 3 rings (SSSR count). The lowest BCUT2D eigenvalue weighted by Crippen LogP contribution is -2.46. The number of methoxy groups -OCH3 is 1. The van der Waals surface area contributed by atoms with Crippen LogP contribution in [0.1, 0.15) is 36.5 Å². The van der Waals surface area contributed by atoms with Crippen molar-refractivity contribution in [2.75, 3.05) is 7.11 Å². The van der Waals surface area contributed by atoms with Crippen molar-refractivity contribution in [3.63, 3.8) is 0 Å². The third kappa shape index (κ3) is 5.85. The summed E-state index contributed by atoms with van der Waals surface area (Å²) < 4.78 is 15.7. The van der Waals surface area contributed by atoms with E-state index in [-0.39, 0.29) is 24.3 Å². The Balaban J connectivity index is 1.63. The van der Waals surface area contributed by atoms with Crippen molar-refractivity contribution >= 4 is 23.5 Å². The molecule has 0 saturated carbocycles. The van der Waals surface area contributed by atoms with E-state index in [1.807, 2.05) is 13.8 Å². The molecule has 3 aromatic rings. The molecule has 0 spiro atoms. The molecule has 1 amide bonds. The standard InChI is InChI=1S/C23H24ClN3O5/c1-4-14(2)20(26-21(28)15-5-9-17(24)10-6-15)23(29)31-13-19-25-22(32-27-19)16-7-11-18(30-3)12-8-16/h5-12,14,20H,4,13H2,1-3H3,(H,26,28)/t14-,20-/m0/s1. The zero-order chi connectivity index (χ0) is 23.1. The van der Waals surface area contributed by atoms with Gasteiger partial charge < -0.3 is 19.3 Å². The molecule has 1 heterocycles. The van der Waals surface area contributed by atoms with Gasteiger partial charge in [0.2, 0.25) is 5.82 Å². The summed E-state index contributed by atoms with van der Waals surface area (Å²) >= 11 is 5.87. The second-order valence-corrected chi connectivity index (χ2v) is 7.63. The van der Waals surface area contributed by atoms with E-state index >= 15 is 0 Å². The fourth-order valence-electron chi connectivity index (χ4n) is 2.88. The highest BCUT2D eigenvalue weighted by Crippen LogP contribution is 2.21. The number of rotatable bonds is 9. The molecule has 0 aliphatic heterocycles. The first kappa shape index (κ1) is 23.3. The first-order valence-electron chi connectivity index (χ1n) is 10.1. The van der Waals surface area contributed by atoms with Crippen LogP contribution >= 0.6 is 11.6 Å². The molecule has 0 unspecified atom stereocenters. The highest BCUT2D eigenvalue weighted by Gasteiger charge is 2.28. The normalized spacial score (nSPS) is 12.6. The Kier molecular flexibility index (Phi) is 7.83. The number of carbonyl (C=O) groups excluding carboxylic acids is 2. The van der Waals surface area contributed by atoms with Gasteiger partial charge in [0.05, 0.1) is 7.11 Å². The van der Waals surface area contributed by atoms with E-state index in [1.54, 1.807) is 55.6 Å². The van der Waals surface area contributed by atoms with Crippen molar-refractivity contribution in [2.24, 2.45) is 5.92 Å². The largest absolute Gasteiger partial charge is 0.497 e. The maximum absolute atomic E-state index is 12.7. The number of nitrogens with one attached hydrogen (secondary N) is 1. The number of esters is 1. The van der Waals surface area contributed by atoms with Crippen molar-refractivity contribution < 1.29 is 23.6 Å². The third-order valence-electron chi connectivity index (χ3n) is 5.01. The summed E-state index contributed by atoms with van der Waals surface area (Å²) in [5, 5.41) is 7.12. The summed E-state index contributed by atoms with van der Waals surface area (Å²) in [7, 11) is 1.58. The number of amides is 1. The first-order valence-corrected chi connectivity index (χ1v) is 10.5. The van der Waals surface area contributed by atoms with E-state index in [1.165, 1.54) is 0 Å². The topological polar surface area (TPSA) is 104 Å². The van der Waals surface area contributed by atoms with E-state index in [2.05, 4.69) is 15.5 Å². The average Bonchev–Trinajstić information content (AvgIpc) is 3.30. The zero-order valence-corrected chi connectivity index (χ0v) is 18.8. The van der Waals surface area contributed by atoms with Crippen LogP contribution in [0.25, 0.3) is 11.5 Å². The SMILES string of the molecule is CC[C@H](C)[C@H](NC(=O)c1ccc(Cl)cc1)C(=O)OCc1noc(-c2ccc(OC)cc2)n1. The van der Waals surface area contributed by atoms with Gasteiger partial charge in [-0.3, -0.25) is 4.79 Å². The summed E-state index contributed by atoms with van der Waals surface area (Å²) in [5.74, 6) is 0.130. The zero-order valence-electron chi connectivity index (χ0n) is 18.0. The number of nitrogens with zero attached hydrogens (tertiary/aromatic N) is 2. The number of halogens is 1. The Hall–Kier alpha value is -3.39. The van der Waals surface area contributed by atoms with Crippen LogP contribution < -0.4 is 10.1 Å². The van der Waals surface area contributed by atoms with Crippen LogP contribution in [0.5, 0.6) is 5.75 Å². The number of aromatic nitrogens is 2. The Morgan fingerprint density at radius 2 is 1.81 bits per heavy atom. The van der Waals surface area contributed by atoms with Crippen molar-refractivity contribution in [1.29, 1.82) is 0 Å². The van der Waals surface area contributed by atoms with Gasteiger partial charge in [-0.15, -0.1) is 0 Å². The molecule has 9 heteroatoms. The van der Waals surface area contributed by atoms with Gasteiger partial charge in [0, 0.05) is 16.1 Å². The van der Waals surface area contributed by atoms with Crippen LogP contribution in [0.15, 0.2) is 53.1 Å². The lowest BCUT2D eigenvalue weighted by Gasteiger charge is -2.22. The fourth-order valence-corrected chi connectivity index (χ4v) is 3.01. The Bertz CT molecular complexity index is 1050. The summed E-state index contributed by atoms with van der Waals surface area (Å²) in [4.78, 5) is 29.5. The van der Waals surface area contributed by atoms with E-state index < -0.39 is 12.0 Å². The van der Waals surface area contributed by atoms with Crippen LogP contribution in [-0.4, -0.2) is 35.2 Å². The van der Waals surface area contributed by atoms with E-state index in [4.69, 9.17) is 25.6 Å². The van der Waals surface area contributed by atoms with Crippen molar-refractivity contribution in [1.82, 2.24) is 15.5 Å². The number of benzene rings is 2. The van der Waals surface area contributed by atoms with Crippen LogP contribution in [0.2, 0.25) is 5.02 Å². The molecular formula is C23H24ClN3O5. The summed E-state index contributed by atoms with van der Waals surface area (Å²) in [6, 6.07) is 12.7. The Morgan fingerprint density at radius 3 is 2.44 bits per heavy atom. The quantitative estimate of drug-likeness (QED) is 0.478. The fraction of sp³-hybridized carbons (Fsp3) is 0.304. The van der Waals surface area contributed by atoms with Gasteiger partial charge in [-0.1, -0.05) is 37.0 Å². The smallest absolute Gasteiger partial charge is 0.329 e. The molecule has 0 aliphatic carbocycles. The van der Waals surface area contributed by atoms with E-state index in [0.29, 0.717) is 34.2 Å². The van der Waals surface area contributed by atoms with Crippen LogP contribution in [0, 0.1) is 5.92 Å². The van der Waals surface area contributed by atoms with E-state index in [9.17, 15) is 9.59 Å². The molecule has 1 N–H and O–H groups in total. The van der Waals surface area contributed by atoms with Crippen molar-refractivity contribution in [2.45, 2.75) is 32.9 Å². The minimum absolute atomic E-state index is 0.140. The summed E-state index contributed by atoms with van der Waals surface area (Å²) in [6.45, 7) is 3.62. The molecule has 8 nitrogen and oxygen atoms in total. The maximum atomic E-state index is 12.7. The van der Waals surface area contributed by atoms with Gasteiger partial charge in [0.15, 0.2) is 6.61 Å². The van der Waals surface area contributed by atoms with Crippen LogP contribution in [-0.2, 0) is 16.1 Å². The highest BCUT2D eigenvalue weighted by molar-refractivity contribution is 6.30. The van der Waals surface area contributed by atoms with E-state index in [0.717, 1.165) is 0 Å². The second-order valence-electron chi connectivity index (χ2n) is 7.20. The van der Waals surface area contributed by atoms with Gasteiger partial charge in [-0.05, 0) is 54.4 Å². The monoisotopic (exact) mass is 457 g/mol. The number of carbonyl (C=O) groups is 2. The van der Waals surface area contributed by atoms with Crippen LogP contribution in [0.4, 0.5) is 0 Å². The van der Waals surface area contributed by atoms with Gasteiger partial charge in [-0.2, -0.15) is 4.98 Å². The lowest BCUT2D eigenvalue weighted by molar-refractivity contribution is -0.149. The van der Waals surface area contributed by atoms with Crippen molar-refractivity contribution in [3.8, 4) is 17.2 Å². The lowest BCUT2D eigenvalue weighted by atomic mass is 9.99. The van der Waals surface area contributed by atoms with Gasteiger partial charge in [0.1, 0.15) is 11.8 Å². The average molecular weight is 458 g/mol. The molecule has 2 aromatic carbocycles. The third-order valence-corrected chi connectivity index (χ3v) is 5.26. The molecule has 168 valence electrons. The number of hydrogen-bond donors (Lipinski definition) is 1. The molecule has 0 fully saturated rings. The Labute approximate surface area is 190 Å². The molecular weight excluding hydrogens is 434 g/mol. The molecule has 0 radical (unpaired) electrons. The van der Waals surface area contributed by atoms with Gasteiger partial charge >= 0.3 is 5.97 Å². The molecule has 0 aliphatic rings. The molecule has 32 heavy (non-hydrogen) atoms. The predicted molar refractivity (Wildman–Crippen MR) is 118 cm³/mol. The first-order chi connectivity index (χ1) is 15.4. The van der Waals surface area contributed by atoms with Crippen molar-refractivity contribution in [3.05, 3.63) is 64.9 Å². The van der Waals surface area contributed by atoms with Gasteiger partial charge in [-0.25, -0.2) is 4.79 Å². The highest BCUT2D eigenvalue weighted by atomic mass is 35.5. The minimum atomic E-state index is -0.823. The second kappa shape index (κ2) is 10.8. The van der Waals surface area contributed by atoms with Crippen LogP contribution in [0.3, 0.4) is 0 Å².